The molecule has 0 radical (unpaired) electrons. The van der Waals surface area contributed by atoms with E-state index in [2.05, 4.69) is 29.2 Å². The summed E-state index contributed by atoms with van der Waals surface area (Å²) < 4.78 is 5.29. The fourth-order valence-electron chi connectivity index (χ4n) is 4.34. The summed E-state index contributed by atoms with van der Waals surface area (Å²) in [7, 11) is 1.64. The summed E-state index contributed by atoms with van der Waals surface area (Å²) in [5.41, 5.74) is 4.52. The molecular formula is C23H28N2O3. The minimum atomic E-state index is -0.547. The Morgan fingerprint density at radius 1 is 1.04 bits per heavy atom. The molecule has 0 spiro atoms. The SMILES string of the molecule is COc1ccc2c(c1)CCCN(C[C@H](O)CN1CCc3ccccc3C1)C2=O. The molecule has 2 aliphatic heterocycles. The van der Waals surface area contributed by atoms with Gasteiger partial charge in [-0.25, -0.2) is 0 Å². The van der Waals surface area contributed by atoms with Crippen molar-refractivity contribution < 1.29 is 14.6 Å². The quantitative estimate of drug-likeness (QED) is 0.866. The lowest BCUT2D eigenvalue weighted by Crippen LogP contribution is -2.44. The van der Waals surface area contributed by atoms with Gasteiger partial charge in [0.1, 0.15) is 5.75 Å². The minimum absolute atomic E-state index is 0.0122. The van der Waals surface area contributed by atoms with Crippen LogP contribution in [0.3, 0.4) is 0 Å². The Balaban J connectivity index is 1.39. The maximum absolute atomic E-state index is 13.0. The van der Waals surface area contributed by atoms with Gasteiger partial charge in [-0.2, -0.15) is 0 Å². The second kappa shape index (κ2) is 8.33. The first kappa shape index (κ1) is 19.0. The number of rotatable bonds is 5. The number of fused-ring (bicyclic) bond motifs is 2. The van der Waals surface area contributed by atoms with E-state index in [4.69, 9.17) is 4.74 Å². The van der Waals surface area contributed by atoms with Crippen LogP contribution < -0.4 is 4.74 Å². The van der Waals surface area contributed by atoms with Crippen LogP contribution in [0.1, 0.15) is 33.5 Å². The maximum atomic E-state index is 13.0. The lowest BCUT2D eigenvalue weighted by atomic mass is 10.00. The second-order valence-corrected chi connectivity index (χ2v) is 7.79. The molecule has 148 valence electrons. The van der Waals surface area contributed by atoms with Gasteiger partial charge in [-0.15, -0.1) is 0 Å². The highest BCUT2D eigenvalue weighted by atomic mass is 16.5. The molecule has 0 fully saturated rings. The highest BCUT2D eigenvalue weighted by Gasteiger charge is 2.26. The molecule has 2 aromatic carbocycles. The number of ether oxygens (including phenoxy) is 1. The van der Waals surface area contributed by atoms with Crippen LogP contribution in [-0.4, -0.2) is 60.2 Å². The summed E-state index contributed by atoms with van der Waals surface area (Å²) in [4.78, 5) is 17.1. The number of methoxy groups -OCH3 is 1. The number of hydrogen-bond acceptors (Lipinski definition) is 4. The number of hydrogen-bond donors (Lipinski definition) is 1. The first-order chi connectivity index (χ1) is 13.6. The van der Waals surface area contributed by atoms with Crippen molar-refractivity contribution in [2.45, 2.75) is 31.9 Å². The fourth-order valence-corrected chi connectivity index (χ4v) is 4.34. The van der Waals surface area contributed by atoms with Gasteiger partial charge in [0.05, 0.1) is 13.2 Å². The Labute approximate surface area is 166 Å². The molecule has 0 bridgehead atoms. The van der Waals surface area contributed by atoms with Crippen molar-refractivity contribution in [3.05, 3.63) is 64.7 Å². The van der Waals surface area contributed by atoms with E-state index in [1.807, 2.05) is 18.2 Å². The zero-order chi connectivity index (χ0) is 19.5. The van der Waals surface area contributed by atoms with Crippen molar-refractivity contribution in [1.82, 2.24) is 9.80 Å². The monoisotopic (exact) mass is 380 g/mol. The molecule has 2 aliphatic rings. The average Bonchev–Trinajstić information content (AvgIpc) is 2.86. The van der Waals surface area contributed by atoms with Crippen LogP contribution in [0.4, 0.5) is 0 Å². The van der Waals surface area contributed by atoms with Crippen LogP contribution in [-0.2, 0) is 19.4 Å². The summed E-state index contributed by atoms with van der Waals surface area (Å²) >= 11 is 0. The van der Waals surface area contributed by atoms with Crippen LogP contribution >= 0.6 is 0 Å². The lowest BCUT2D eigenvalue weighted by molar-refractivity contribution is 0.0513. The summed E-state index contributed by atoms with van der Waals surface area (Å²) in [6.07, 6.45) is 2.22. The summed E-state index contributed by atoms with van der Waals surface area (Å²) in [6, 6.07) is 14.1. The first-order valence-corrected chi connectivity index (χ1v) is 10.1. The summed E-state index contributed by atoms with van der Waals surface area (Å²) in [6.45, 7) is 3.46. The maximum Gasteiger partial charge on any atom is 0.254 e. The van der Waals surface area contributed by atoms with Crippen LogP contribution in [0.2, 0.25) is 0 Å². The molecule has 2 aromatic rings. The molecule has 5 nitrogen and oxygen atoms in total. The van der Waals surface area contributed by atoms with Crippen LogP contribution in [0, 0.1) is 0 Å². The van der Waals surface area contributed by atoms with Crippen molar-refractivity contribution in [2.75, 3.05) is 33.3 Å². The number of carbonyl (C=O) groups is 1. The number of β-amino-alcohol motifs (C(OH)–C–C–N with tert-alkyl or cyclic N) is 1. The summed E-state index contributed by atoms with van der Waals surface area (Å²) in [5, 5.41) is 10.7. The van der Waals surface area contributed by atoms with E-state index < -0.39 is 6.10 Å². The van der Waals surface area contributed by atoms with E-state index in [1.165, 1.54) is 11.1 Å². The van der Waals surface area contributed by atoms with Gasteiger partial charge >= 0.3 is 0 Å². The smallest absolute Gasteiger partial charge is 0.254 e. The number of aliphatic hydroxyl groups excluding tert-OH is 1. The van der Waals surface area contributed by atoms with Gasteiger partial charge in [-0.05, 0) is 54.2 Å². The molecule has 0 aliphatic carbocycles. The number of nitrogens with zero attached hydrogens (tertiary/aromatic N) is 2. The normalized spacial score (nSPS) is 18.2. The third-order valence-corrected chi connectivity index (χ3v) is 5.81. The second-order valence-electron chi connectivity index (χ2n) is 7.79. The third kappa shape index (κ3) is 4.05. The first-order valence-electron chi connectivity index (χ1n) is 10.1. The van der Waals surface area contributed by atoms with E-state index in [-0.39, 0.29) is 5.91 Å². The average molecular weight is 380 g/mol. The minimum Gasteiger partial charge on any atom is -0.497 e. The molecule has 5 heteroatoms. The number of amides is 1. The largest absolute Gasteiger partial charge is 0.497 e. The van der Waals surface area contributed by atoms with E-state index >= 15 is 0 Å². The van der Waals surface area contributed by atoms with Crippen molar-refractivity contribution in [2.24, 2.45) is 0 Å². The lowest BCUT2D eigenvalue weighted by Gasteiger charge is -2.32. The van der Waals surface area contributed by atoms with E-state index in [0.717, 1.165) is 49.2 Å². The Bertz CT molecular complexity index is 851. The van der Waals surface area contributed by atoms with Crippen molar-refractivity contribution >= 4 is 5.91 Å². The van der Waals surface area contributed by atoms with Gasteiger partial charge in [-0.3, -0.25) is 9.69 Å². The molecule has 0 saturated heterocycles. The molecule has 2 heterocycles. The molecule has 1 amide bonds. The van der Waals surface area contributed by atoms with E-state index in [9.17, 15) is 9.90 Å². The number of benzene rings is 2. The third-order valence-electron chi connectivity index (χ3n) is 5.81. The van der Waals surface area contributed by atoms with Crippen molar-refractivity contribution in [3.63, 3.8) is 0 Å². The molecule has 28 heavy (non-hydrogen) atoms. The van der Waals surface area contributed by atoms with E-state index in [0.29, 0.717) is 19.6 Å². The number of aryl methyl sites for hydroxylation is 1. The van der Waals surface area contributed by atoms with Gasteiger partial charge in [0.25, 0.3) is 5.91 Å². The van der Waals surface area contributed by atoms with Crippen LogP contribution in [0.5, 0.6) is 5.75 Å². The number of aliphatic hydroxyl groups is 1. The van der Waals surface area contributed by atoms with Gasteiger partial charge in [0.15, 0.2) is 0 Å². The van der Waals surface area contributed by atoms with Gasteiger partial charge in [-0.1, -0.05) is 24.3 Å². The predicted octanol–water partition coefficient (Wildman–Crippen LogP) is 2.50. The number of carbonyl (C=O) groups excluding carboxylic acids is 1. The van der Waals surface area contributed by atoms with Gasteiger partial charge in [0.2, 0.25) is 0 Å². The Hall–Kier alpha value is -2.37. The van der Waals surface area contributed by atoms with Crippen LogP contribution in [0.25, 0.3) is 0 Å². The van der Waals surface area contributed by atoms with Crippen LogP contribution in [0.15, 0.2) is 42.5 Å². The Morgan fingerprint density at radius 2 is 1.86 bits per heavy atom. The highest BCUT2D eigenvalue weighted by Crippen LogP contribution is 2.24. The molecular weight excluding hydrogens is 352 g/mol. The predicted molar refractivity (Wildman–Crippen MR) is 109 cm³/mol. The van der Waals surface area contributed by atoms with Crippen molar-refractivity contribution in [3.8, 4) is 5.75 Å². The van der Waals surface area contributed by atoms with Crippen molar-refractivity contribution in [1.29, 1.82) is 0 Å². The fraction of sp³-hybridized carbons (Fsp3) is 0.435. The molecule has 0 aromatic heterocycles. The van der Waals surface area contributed by atoms with Gasteiger partial charge in [0, 0.05) is 38.3 Å². The molecule has 4 rings (SSSR count). The Kier molecular flexibility index (Phi) is 5.64. The standard InChI is InChI=1S/C23H28N2O3/c1-28-21-8-9-22-18(13-21)7-4-11-25(23(22)27)16-20(26)15-24-12-10-17-5-2-3-6-19(17)14-24/h2-3,5-6,8-9,13,20,26H,4,7,10-12,14-16H2,1H3/t20-/m1/s1. The molecule has 1 N–H and O–H groups in total. The molecule has 0 unspecified atom stereocenters. The Morgan fingerprint density at radius 3 is 2.68 bits per heavy atom. The highest BCUT2D eigenvalue weighted by molar-refractivity contribution is 5.96. The van der Waals surface area contributed by atoms with Gasteiger partial charge < -0.3 is 14.7 Å². The molecule has 1 atom stereocenters. The zero-order valence-electron chi connectivity index (χ0n) is 16.4. The zero-order valence-corrected chi connectivity index (χ0v) is 16.4. The van der Waals surface area contributed by atoms with E-state index in [1.54, 1.807) is 12.0 Å². The molecule has 0 saturated carbocycles. The topological polar surface area (TPSA) is 53.0 Å². The summed E-state index contributed by atoms with van der Waals surface area (Å²) in [5.74, 6) is 0.795.